The molecule has 0 aromatic rings. The highest BCUT2D eigenvalue weighted by atomic mass is 16.5. The topological polar surface area (TPSA) is 29.5 Å². The van der Waals surface area contributed by atoms with Crippen LogP contribution < -0.4 is 0 Å². The van der Waals surface area contributed by atoms with Crippen molar-refractivity contribution in [3.05, 3.63) is 0 Å². The van der Waals surface area contributed by atoms with Crippen molar-refractivity contribution in [1.82, 2.24) is 0 Å². The minimum Gasteiger partial charge on any atom is -0.396 e. The zero-order valence-electron chi connectivity index (χ0n) is 19.5. The third-order valence-electron chi connectivity index (χ3n) is 11.4. The molecule has 11 atom stereocenters. The van der Waals surface area contributed by atoms with E-state index in [1.807, 2.05) is 0 Å². The summed E-state index contributed by atoms with van der Waals surface area (Å²) in [5.41, 5.74) is 1.16. The van der Waals surface area contributed by atoms with Gasteiger partial charge in [-0.25, -0.2) is 0 Å². The number of aliphatic hydroxyl groups is 1. The molecule has 3 unspecified atom stereocenters. The van der Waals surface area contributed by atoms with Crippen molar-refractivity contribution in [3.63, 3.8) is 0 Å². The first kappa shape index (κ1) is 23.1. The largest absolute Gasteiger partial charge is 0.396 e. The summed E-state index contributed by atoms with van der Waals surface area (Å²) in [7, 11) is 0. The Morgan fingerprint density at radius 2 is 1.80 bits per heavy atom. The molecule has 0 amide bonds. The fourth-order valence-corrected chi connectivity index (χ4v) is 9.85. The summed E-state index contributed by atoms with van der Waals surface area (Å²) in [4.78, 5) is 0. The van der Waals surface area contributed by atoms with Crippen LogP contribution in [0.2, 0.25) is 0 Å². The van der Waals surface area contributed by atoms with E-state index in [-0.39, 0.29) is 7.43 Å². The van der Waals surface area contributed by atoms with E-state index in [2.05, 4.69) is 27.7 Å². The van der Waals surface area contributed by atoms with Crippen molar-refractivity contribution in [1.29, 1.82) is 0 Å². The van der Waals surface area contributed by atoms with Crippen molar-refractivity contribution < 1.29 is 9.84 Å². The molecule has 1 saturated heterocycles. The first-order valence-electron chi connectivity index (χ1n) is 13.1. The number of hydrogen-bond acceptors (Lipinski definition) is 2. The third kappa shape index (κ3) is 3.33. The molecule has 0 aromatic carbocycles. The summed E-state index contributed by atoms with van der Waals surface area (Å²) in [5.74, 6) is 5.79. The Kier molecular flexibility index (Phi) is 6.44. The molecule has 1 N–H and O–H groups in total. The smallest absolute Gasteiger partial charge is 0.0618 e. The molecule has 174 valence electrons. The molecule has 0 spiro atoms. The Morgan fingerprint density at radius 1 is 1.00 bits per heavy atom. The van der Waals surface area contributed by atoms with Gasteiger partial charge in [0, 0.05) is 6.61 Å². The minimum absolute atomic E-state index is 0. The second-order valence-corrected chi connectivity index (χ2v) is 12.6. The monoisotopic (exact) mass is 418 g/mol. The SMILES string of the molecule is C.CC(CO)CCC1O[C@H]2C[C@H]3[C@@H]4CCC5CCCC[C@]5(C)[C@H]4CC[C@]3(C)[C@H]2[C@@H]1C. The van der Waals surface area contributed by atoms with E-state index in [1.54, 1.807) is 0 Å². The molecular formula is C28H50O2. The fourth-order valence-electron chi connectivity index (χ4n) is 9.85. The number of rotatable bonds is 4. The predicted molar refractivity (Wildman–Crippen MR) is 125 cm³/mol. The fraction of sp³-hybridized carbons (Fsp3) is 1.00. The molecule has 5 aliphatic rings. The van der Waals surface area contributed by atoms with Gasteiger partial charge >= 0.3 is 0 Å². The van der Waals surface area contributed by atoms with Crippen LogP contribution in [0.3, 0.4) is 0 Å². The highest BCUT2D eigenvalue weighted by Crippen LogP contribution is 2.70. The highest BCUT2D eigenvalue weighted by Gasteiger charge is 2.65. The van der Waals surface area contributed by atoms with Crippen molar-refractivity contribution in [2.45, 2.75) is 118 Å². The van der Waals surface area contributed by atoms with Gasteiger partial charge in [-0.15, -0.1) is 0 Å². The maximum atomic E-state index is 9.40. The summed E-state index contributed by atoms with van der Waals surface area (Å²) < 4.78 is 6.78. The average Bonchev–Trinajstić information content (AvgIpc) is 3.19. The van der Waals surface area contributed by atoms with Gasteiger partial charge in [-0.1, -0.05) is 48.0 Å². The average molecular weight is 419 g/mol. The summed E-state index contributed by atoms with van der Waals surface area (Å²) in [6.45, 7) is 10.4. The Balaban J connectivity index is 0.00000218. The lowest BCUT2D eigenvalue weighted by Crippen LogP contribution is -2.53. The van der Waals surface area contributed by atoms with Gasteiger partial charge in [0.2, 0.25) is 0 Å². The van der Waals surface area contributed by atoms with Gasteiger partial charge in [0.1, 0.15) is 0 Å². The molecule has 2 nitrogen and oxygen atoms in total. The summed E-state index contributed by atoms with van der Waals surface area (Å²) in [5, 5.41) is 9.40. The second kappa shape index (κ2) is 8.36. The van der Waals surface area contributed by atoms with E-state index in [0.717, 1.165) is 42.4 Å². The maximum absolute atomic E-state index is 9.40. The normalized spacial score (nSPS) is 53.1. The number of hydrogen-bond donors (Lipinski definition) is 1. The lowest BCUT2D eigenvalue weighted by molar-refractivity contribution is -0.115. The third-order valence-corrected chi connectivity index (χ3v) is 11.4. The Bertz CT molecular complexity index is 603. The number of aliphatic hydroxyl groups excluding tert-OH is 1. The van der Waals surface area contributed by atoms with Gasteiger partial charge in [-0.2, -0.15) is 0 Å². The van der Waals surface area contributed by atoms with Crippen molar-refractivity contribution in [2.24, 2.45) is 52.3 Å². The molecule has 5 fully saturated rings. The molecule has 0 radical (unpaired) electrons. The quantitative estimate of drug-likeness (QED) is 0.528. The molecule has 4 aliphatic carbocycles. The van der Waals surface area contributed by atoms with Crippen molar-refractivity contribution >= 4 is 0 Å². The Hall–Kier alpha value is -0.0800. The van der Waals surface area contributed by atoms with Crippen LogP contribution >= 0.6 is 0 Å². The van der Waals surface area contributed by atoms with E-state index in [4.69, 9.17) is 4.74 Å². The minimum atomic E-state index is 0. The summed E-state index contributed by atoms with van der Waals surface area (Å²) in [6, 6.07) is 0. The zero-order valence-corrected chi connectivity index (χ0v) is 19.5. The van der Waals surface area contributed by atoms with E-state index in [1.165, 1.54) is 57.8 Å². The highest BCUT2D eigenvalue weighted by molar-refractivity contribution is 5.13. The van der Waals surface area contributed by atoms with E-state index < -0.39 is 0 Å². The molecule has 1 heterocycles. The summed E-state index contributed by atoms with van der Waals surface area (Å²) in [6.07, 6.45) is 16.5. The summed E-state index contributed by atoms with van der Waals surface area (Å²) >= 11 is 0. The first-order chi connectivity index (χ1) is 13.9. The van der Waals surface area contributed by atoms with Crippen molar-refractivity contribution in [3.8, 4) is 0 Å². The molecule has 2 heteroatoms. The van der Waals surface area contributed by atoms with Gasteiger partial charge in [0.05, 0.1) is 12.2 Å². The molecule has 0 aromatic heterocycles. The van der Waals surface area contributed by atoms with Crippen LogP contribution in [0.4, 0.5) is 0 Å². The predicted octanol–water partition coefficient (Wildman–Crippen LogP) is 7.09. The van der Waals surface area contributed by atoms with Crippen LogP contribution in [0.15, 0.2) is 0 Å². The number of fused-ring (bicyclic) bond motifs is 7. The maximum Gasteiger partial charge on any atom is 0.0618 e. The lowest BCUT2D eigenvalue weighted by Gasteiger charge is -2.60. The van der Waals surface area contributed by atoms with Crippen LogP contribution in [-0.4, -0.2) is 23.9 Å². The van der Waals surface area contributed by atoms with Gasteiger partial charge in [-0.3, -0.25) is 0 Å². The standard InChI is InChI=1S/C27H46O2.CH4/c1-17(16-28)8-11-23-18(2)25-24(29-23)15-22-20-10-9-19-7-5-6-13-26(19,3)21(20)12-14-27(22,25)4;/h17-25,28H,5-16H2,1-4H3;1H4/t17?,18-,19?,20-,21+,22+,23?,24+,25+,26+,27+;/m1./s1. The molecular weight excluding hydrogens is 368 g/mol. The van der Waals surface area contributed by atoms with E-state index in [0.29, 0.717) is 41.5 Å². The Morgan fingerprint density at radius 3 is 2.57 bits per heavy atom. The zero-order chi connectivity index (χ0) is 20.4. The second-order valence-electron chi connectivity index (χ2n) is 12.6. The van der Waals surface area contributed by atoms with Crippen LogP contribution in [0.1, 0.15) is 106 Å². The van der Waals surface area contributed by atoms with E-state index >= 15 is 0 Å². The number of ether oxygens (including phenoxy) is 1. The molecule has 5 rings (SSSR count). The first-order valence-corrected chi connectivity index (χ1v) is 13.1. The van der Waals surface area contributed by atoms with Crippen LogP contribution in [-0.2, 0) is 4.74 Å². The van der Waals surface area contributed by atoms with Gasteiger partial charge in [-0.05, 0) is 110 Å². The van der Waals surface area contributed by atoms with E-state index in [9.17, 15) is 5.11 Å². The van der Waals surface area contributed by atoms with Gasteiger partial charge in [0.25, 0.3) is 0 Å². The van der Waals surface area contributed by atoms with Crippen molar-refractivity contribution in [2.75, 3.05) is 6.61 Å². The van der Waals surface area contributed by atoms with Gasteiger partial charge in [0.15, 0.2) is 0 Å². The van der Waals surface area contributed by atoms with Crippen LogP contribution in [0.25, 0.3) is 0 Å². The lowest BCUT2D eigenvalue weighted by atomic mass is 9.44. The molecule has 1 aliphatic heterocycles. The molecule has 4 saturated carbocycles. The Labute approximate surface area is 186 Å². The van der Waals surface area contributed by atoms with Gasteiger partial charge < -0.3 is 9.84 Å². The van der Waals surface area contributed by atoms with Crippen LogP contribution in [0.5, 0.6) is 0 Å². The van der Waals surface area contributed by atoms with Crippen LogP contribution in [0, 0.1) is 52.3 Å². The molecule has 0 bridgehead atoms. The molecule has 30 heavy (non-hydrogen) atoms.